The molecular weight excluding hydrogens is 378 g/mol. The first-order valence-electron chi connectivity index (χ1n) is 8.94. The van der Waals surface area contributed by atoms with E-state index in [1.165, 1.54) is 27.5 Å². The molecule has 0 aliphatic heterocycles. The van der Waals surface area contributed by atoms with Crippen molar-refractivity contribution < 1.29 is 14.3 Å². The number of aryl methyl sites for hydroxylation is 1. The fraction of sp³-hybridized carbons (Fsp3) is 0.400. The first-order valence-corrected chi connectivity index (χ1v) is 9.75. The zero-order chi connectivity index (χ0) is 20.5. The first kappa shape index (κ1) is 20.0. The predicted octanol–water partition coefficient (Wildman–Crippen LogP) is 3.27. The summed E-state index contributed by atoms with van der Waals surface area (Å²) in [6.45, 7) is 9.74. The van der Waals surface area contributed by atoms with Crippen LogP contribution in [-0.2, 0) is 21.6 Å². The summed E-state index contributed by atoms with van der Waals surface area (Å²) in [5.41, 5.74) is 1.60. The lowest BCUT2D eigenvalue weighted by molar-refractivity contribution is -0.152. The van der Waals surface area contributed by atoms with E-state index in [0.29, 0.717) is 21.4 Å². The number of esters is 1. The van der Waals surface area contributed by atoms with Gasteiger partial charge in [-0.25, -0.2) is 9.78 Å². The number of carbonyl (C=O) groups is 1. The highest BCUT2D eigenvalue weighted by Gasteiger charge is 2.19. The molecule has 0 amide bonds. The third kappa shape index (κ3) is 4.56. The largest absolute Gasteiger partial charge is 0.479 e. The van der Waals surface area contributed by atoms with Gasteiger partial charge in [0.1, 0.15) is 12.4 Å². The summed E-state index contributed by atoms with van der Waals surface area (Å²) in [6.07, 6.45) is -0.766. The van der Waals surface area contributed by atoms with Crippen molar-refractivity contribution in [2.45, 2.75) is 52.7 Å². The van der Waals surface area contributed by atoms with E-state index in [9.17, 15) is 9.59 Å². The maximum absolute atomic E-state index is 12.2. The van der Waals surface area contributed by atoms with Crippen LogP contribution in [0.4, 0.5) is 0 Å². The highest BCUT2D eigenvalue weighted by molar-refractivity contribution is 7.16. The Balaban J connectivity index is 1.60. The Morgan fingerprint density at radius 1 is 1.25 bits per heavy atom. The van der Waals surface area contributed by atoms with E-state index in [0.717, 1.165) is 0 Å². The minimum absolute atomic E-state index is 0.0397. The molecule has 1 atom stereocenters. The van der Waals surface area contributed by atoms with E-state index in [4.69, 9.17) is 9.47 Å². The van der Waals surface area contributed by atoms with Gasteiger partial charge in [0, 0.05) is 11.8 Å². The van der Waals surface area contributed by atoms with Gasteiger partial charge in [0.2, 0.25) is 4.96 Å². The summed E-state index contributed by atoms with van der Waals surface area (Å²) in [4.78, 5) is 28.8. The number of rotatable bonds is 5. The number of aromatic nitrogens is 3. The quantitative estimate of drug-likeness (QED) is 0.610. The van der Waals surface area contributed by atoms with Gasteiger partial charge < -0.3 is 9.47 Å². The van der Waals surface area contributed by atoms with Crippen LogP contribution in [0.2, 0.25) is 0 Å². The van der Waals surface area contributed by atoms with E-state index >= 15 is 0 Å². The lowest BCUT2D eigenvalue weighted by Gasteiger charge is -2.20. The number of benzene rings is 1. The third-order valence-electron chi connectivity index (χ3n) is 4.12. The van der Waals surface area contributed by atoms with Crippen LogP contribution in [0.1, 0.15) is 44.0 Å². The molecule has 0 fully saturated rings. The van der Waals surface area contributed by atoms with Gasteiger partial charge in [0.15, 0.2) is 11.1 Å². The molecule has 0 bridgehead atoms. The summed E-state index contributed by atoms with van der Waals surface area (Å²) in [5.74, 6) is 0.0966. The van der Waals surface area contributed by atoms with Gasteiger partial charge in [-0.1, -0.05) is 44.2 Å². The summed E-state index contributed by atoms with van der Waals surface area (Å²) >= 11 is 1.21. The molecule has 0 unspecified atom stereocenters. The molecule has 148 valence electrons. The smallest absolute Gasteiger partial charge is 0.347 e. The van der Waals surface area contributed by atoms with Gasteiger partial charge in [-0.2, -0.15) is 9.61 Å². The van der Waals surface area contributed by atoms with Gasteiger partial charge in [-0.3, -0.25) is 4.79 Å². The average molecular weight is 401 g/mol. The van der Waals surface area contributed by atoms with Crippen molar-refractivity contribution in [2.24, 2.45) is 0 Å². The maximum Gasteiger partial charge on any atom is 0.347 e. The molecule has 0 N–H and O–H groups in total. The third-order valence-corrected chi connectivity index (χ3v) is 5.00. The zero-order valence-electron chi connectivity index (χ0n) is 16.6. The van der Waals surface area contributed by atoms with Crippen LogP contribution in [0, 0.1) is 6.92 Å². The summed E-state index contributed by atoms with van der Waals surface area (Å²) in [6, 6.07) is 9.07. The van der Waals surface area contributed by atoms with Crippen LogP contribution in [0.3, 0.4) is 0 Å². The topological polar surface area (TPSA) is 82.8 Å². The van der Waals surface area contributed by atoms with E-state index in [-0.39, 0.29) is 17.6 Å². The van der Waals surface area contributed by atoms with Crippen molar-refractivity contribution in [2.75, 3.05) is 0 Å². The molecule has 0 spiro atoms. The van der Waals surface area contributed by atoms with Crippen LogP contribution >= 0.6 is 11.3 Å². The Bertz CT molecular complexity index is 1050. The molecule has 2 aromatic heterocycles. The van der Waals surface area contributed by atoms with Crippen LogP contribution in [0.15, 0.2) is 35.1 Å². The maximum atomic E-state index is 12.2. The monoisotopic (exact) mass is 401 g/mol. The fourth-order valence-corrected chi connectivity index (χ4v) is 3.41. The van der Waals surface area contributed by atoms with E-state index < -0.39 is 12.1 Å². The molecule has 1 aromatic carbocycles. The van der Waals surface area contributed by atoms with E-state index in [1.54, 1.807) is 13.8 Å². The summed E-state index contributed by atoms with van der Waals surface area (Å²) in [5, 5.41) is 4.63. The van der Waals surface area contributed by atoms with Crippen LogP contribution in [0.5, 0.6) is 5.75 Å². The SMILES string of the molecule is Cc1cc(=O)n2nc(COC(=O)[C@H](C)Oc3ccc(C(C)(C)C)cc3)sc2n1. The number of fused-ring (bicyclic) bond motifs is 1. The molecule has 0 radical (unpaired) electrons. The summed E-state index contributed by atoms with van der Waals surface area (Å²) < 4.78 is 12.2. The van der Waals surface area contributed by atoms with Crippen molar-refractivity contribution in [1.29, 1.82) is 0 Å². The van der Waals surface area contributed by atoms with Crippen LogP contribution in [-0.4, -0.2) is 26.7 Å². The Hall–Kier alpha value is -2.74. The molecule has 0 aliphatic rings. The van der Waals surface area contributed by atoms with Crippen molar-refractivity contribution >= 4 is 22.3 Å². The molecule has 3 aromatic rings. The molecule has 0 saturated heterocycles. The van der Waals surface area contributed by atoms with Crippen molar-refractivity contribution in [1.82, 2.24) is 14.6 Å². The van der Waals surface area contributed by atoms with Crippen LogP contribution in [0.25, 0.3) is 4.96 Å². The Morgan fingerprint density at radius 2 is 1.93 bits per heavy atom. The minimum atomic E-state index is -0.766. The van der Waals surface area contributed by atoms with Gasteiger partial charge in [0.25, 0.3) is 5.56 Å². The Morgan fingerprint density at radius 3 is 2.57 bits per heavy atom. The van der Waals surface area contributed by atoms with E-state index in [1.807, 2.05) is 24.3 Å². The Labute approximate surface area is 166 Å². The number of hydrogen-bond acceptors (Lipinski definition) is 7. The standard InChI is InChI=1S/C20H23N3O4S/c1-12-10-17(24)23-19(21-12)28-16(22-23)11-26-18(25)13(2)27-15-8-6-14(7-9-15)20(3,4)5/h6-10,13H,11H2,1-5H3/t13-/m0/s1. The second kappa shape index (κ2) is 7.71. The van der Waals surface area contributed by atoms with Gasteiger partial charge in [0.05, 0.1) is 0 Å². The number of hydrogen-bond donors (Lipinski definition) is 0. The van der Waals surface area contributed by atoms with Crippen LogP contribution < -0.4 is 10.3 Å². The second-order valence-electron chi connectivity index (χ2n) is 7.57. The molecule has 28 heavy (non-hydrogen) atoms. The molecule has 0 saturated carbocycles. The highest BCUT2D eigenvalue weighted by atomic mass is 32.1. The molecule has 8 heteroatoms. The van der Waals surface area contributed by atoms with Crippen molar-refractivity contribution in [3.8, 4) is 5.75 Å². The molecule has 7 nitrogen and oxygen atoms in total. The molecular formula is C20H23N3O4S. The first-order chi connectivity index (χ1) is 13.1. The molecule has 3 rings (SSSR count). The predicted molar refractivity (Wildman–Crippen MR) is 107 cm³/mol. The normalized spacial score (nSPS) is 12.8. The molecule has 2 heterocycles. The van der Waals surface area contributed by atoms with Crippen molar-refractivity contribution in [3.63, 3.8) is 0 Å². The average Bonchev–Trinajstić information content (AvgIpc) is 3.02. The van der Waals surface area contributed by atoms with Gasteiger partial charge >= 0.3 is 5.97 Å². The second-order valence-corrected chi connectivity index (χ2v) is 8.61. The zero-order valence-corrected chi connectivity index (χ0v) is 17.4. The fourth-order valence-electron chi connectivity index (χ4n) is 2.55. The van der Waals surface area contributed by atoms with Gasteiger partial charge in [-0.05, 0) is 37.0 Å². The van der Waals surface area contributed by atoms with Crippen molar-refractivity contribution in [3.05, 3.63) is 57.0 Å². The molecule has 0 aliphatic carbocycles. The highest BCUT2D eigenvalue weighted by Crippen LogP contribution is 2.24. The van der Waals surface area contributed by atoms with Gasteiger partial charge in [-0.15, -0.1) is 0 Å². The minimum Gasteiger partial charge on any atom is -0.479 e. The Kier molecular flexibility index (Phi) is 5.51. The lowest BCUT2D eigenvalue weighted by Crippen LogP contribution is -2.26. The number of nitrogens with zero attached hydrogens (tertiary/aromatic N) is 3. The lowest BCUT2D eigenvalue weighted by atomic mass is 9.87. The van der Waals surface area contributed by atoms with E-state index in [2.05, 4.69) is 30.9 Å². The number of carbonyl (C=O) groups excluding carboxylic acids is 1. The number of ether oxygens (including phenoxy) is 2. The summed E-state index contributed by atoms with van der Waals surface area (Å²) in [7, 11) is 0.